The van der Waals surface area contributed by atoms with E-state index >= 15 is 0 Å². The Bertz CT molecular complexity index is 654. The first-order valence-corrected chi connectivity index (χ1v) is 7.16. The maximum Gasteiger partial charge on any atom is 0.227 e. The molecule has 0 radical (unpaired) electrons. The van der Waals surface area contributed by atoms with Gasteiger partial charge in [-0.15, -0.1) is 0 Å². The van der Waals surface area contributed by atoms with E-state index in [4.69, 9.17) is 23.2 Å². The van der Waals surface area contributed by atoms with E-state index in [2.05, 4.69) is 15.3 Å². The molecule has 0 aliphatic heterocycles. The Hall–Kier alpha value is -1.52. The van der Waals surface area contributed by atoms with Gasteiger partial charge in [0.15, 0.2) is 0 Å². The summed E-state index contributed by atoms with van der Waals surface area (Å²) >= 11 is 12.0. The van der Waals surface area contributed by atoms with E-state index in [1.54, 1.807) is 24.5 Å². The lowest BCUT2D eigenvalue weighted by molar-refractivity contribution is -0.120. The first-order valence-electron chi connectivity index (χ1n) is 6.40. The minimum atomic E-state index is -0.0713. The van der Waals surface area contributed by atoms with E-state index in [1.165, 1.54) is 0 Å². The van der Waals surface area contributed by atoms with Crippen molar-refractivity contribution < 1.29 is 4.79 Å². The van der Waals surface area contributed by atoms with Gasteiger partial charge in [-0.1, -0.05) is 23.2 Å². The van der Waals surface area contributed by atoms with Crippen LogP contribution in [0.25, 0.3) is 0 Å². The molecule has 20 heavy (non-hydrogen) atoms. The molecule has 104 valence electrons. The number of rotatable bonds is 2. The summed E-state index contributed by atoms with van der Waals surface area (Å²) in [5.74, 6) is -0.104. The number of halogens is 2. The molecule has 1 amide bonds. The van der Waals surface area contributed by atoms with Crippen LogP contribution in [0.3, 0.4) is 0 Å². The number of H-pyrrole nitrogens is 1. The van der Waals surface area contributed by atoms with Crippen molar-refractivity contribution in [2.24, 2.45) is 5.92 Å². The Morgan fingerprint density at radius 1 is 1.40 bits per heavy atom. The molecule has 1 unspecified atom stereocenters. The third kappa shape index (κ3) is 2.67. The summed E-state index contributed by atoms with van der Waals surface area (Å²) in [4.78, 5) is 19.6. The number of carbonyl (C=O) groups is 1. The molecule has 0 spiro atoms. The number of hydrogen-bond acceptors (Lipinski definition) is 2. The van der Waals surface area contributed by atoms with Gasteiger partial charge in [0.05, 0.1) is 22.7 Å². The number of hydrogen-bond donors (Lipinski definition) is 2. The Balaban J connectivity index is 1.73. The van der Waals surface area contributed by atoms with Crippen molar-refractivity contribution in [1.82, 2.24) is 9.97 Å². The van der Waals surface area contributed by atoms with Crippen molar-refractivity contribution in [2.75, 3.05) is 5.32 Å². The van der Waals surface area contributed by atoms with Crippen molar-refractivity contribution in [2.45, 2.75) is 19.3 Å². The average molecular weight is 310 g/mol. The SMILES string of the molecule is O=C(Nc1cc(Cl)ccc1Cl)C1CCc2nc[nH]c2C1. The van der Waals surface area contributed by atoms with Crippen molar-refractivity contribution in [3.63, 3.8) is 0 Å². The van der Waals surface area contributed by atoms with Gasteiger partial charge in [0.2, 0.25) is 5.91 Å². The number of fused-ring (bicyclic) bond motifs is 1. The highest BCUT2D eigenvalue weighted by Crippen LogP contribution is 2.28. The maximum absolute atomic E-state index is 12.3. The van der Waals surface area contributed by atoms with Gasteiger partial charge in [-0.05, 0) is 31.0 Å². The van der Waals surface area contributed by atoms with Crippen LogP contribution < -0.4 is 5.32 Å². The van der Waals surface area contributed by atoms with Gasteiger partial charge in [-0.2, -0.15) is 0 Å². The third-order valence-electron chi connectivity index (χ3n) is 3.54. The number of aryl methyl sites for hydroxylation is 1. The fourth-order valence-electron chi connectivity index (χ4n) is 2.45. The molecule has 6 heteroatoms. The summed E-state index contributed by atoms with van der Waals surface area (Å²) in [5.41, 5.74) is 2.67. The van der Waals surface area contributed by atoms with Crippen molar-refractivity contribution in [1.29, 1.82) is 0 Å². The molecule has 2 aromatic rings. The molecule has 1 aliphatic carbocycles. The fourth-order valence-corrected chi connectivity index (χ4v) is 2.79. The Labute approximate surface area is 126 Å². The van der Waals surface area contributed by atoms with Crippen LogP contribution in [0.4, 0.5) is 5.69 Å². The lowest BCUT2D eigenvalue weighted by atomic mass is 9.89. The highest BCUT2D eigenvalue weighted by molar-refractivity contribution is 6.35. The third-order valence-corrected chi connectivity index (χ3v) is 4.11. The summed E-state index contributed by atoms with van der Waals surface area (Å²) < 4.78 is 0. The van der Waals surface area contributed by atoms with Gasteiger partial charge in [0, 0.05) is 23.1 Å². The van der Waals surface area contributed by atoms with Crippen molar-refractivity contribution in [3.8, 4) is 0 Å². The predicted molar refractivity (Wildman–Crippen MR) is 79.2 cm³/mol. The summed E-state index contributed by atoms with van der Waals surface area (Å²) in [5, 5.41) is 3.89. The van der Waals surface area contributed by atoms with Crippen molar-refractivity contribution >= 4 is 34.8 Å². The molecule has 2 N–H and O–H groups in total. The second-order valence-electron chi connectivity index (χ2n) is 4.88. The van der Waals surface area contributed by atoms with Crippen LogP contribution in [0.5, 0.6) is 0 Å². The number of carbonyl (C=O) groups excluding carboxylic acids is 1. The van der Waals surface area contributed by atoms with Crippen LogP contribution in [0, 0.1) is 5.92 Å². The molecular formula is C14H13Cl2N3O. The summed E-state index contributed by atoms with van der Waals surface area (Å²) in [7, 11) is 0. The smallest absolute Gasteiger partial charge is 0.227 e. The number of nitrogens with zero attached hydrogens (tertiary/aromatic N) is 1. The Morgan fingerprint density at radius 2 is 2.25 bits per heavy atom. The molecule has 1 aromatic carbocycles. The van der Waals surface area contributed by atoms with Crippen LogP contribution in [0.1, 0.15) is 17.8 Å². The van der Waals surface area contributed by atoms with E-state index in [0.29, 0.717) is 22.2 Å². The predicted octanol–water partition coefficient (Wildman–Crippen LogP) is 3.46. The monoisotopic (exact) mass is 309 g/mol. The molecule has 1 atom stereocenters. The molecule has 0 saturated carbocycles. The van der Waals surface area contributed by atoms with Gasteiger partial charge < -0.3 is 10.3 Å². The second kappa shape index (κ2) is 5.46. The van der Waals surface area contributed by atoms with Crippen LogP contribution in [0.15, 0.2) is 24.5 Å². The minimum Gasteiger partial charge on any atom is -0.348 e. The molecule has 0 fully saturated rings. The van der Waals surface area contributed by atoms with Gasteiger partial charge >= 0.3 is 0 Å². The van der Waals surface area contributed by atoms with Crippen LogP contribution in [-0.2, 0) is 17.6 Å². The fraction of sp³-hybridized carbons (Fsp3) is 0.286. The van der Waals surface area contributed by atoms with E-state index in [1.807, 2.05) is 0 Å². The maximum atomic E-state index is 12.3. The number of nitrogens with one attached hydrogen (secondary N) is 2. The number of imidazole rings is 1. The molecule has 4 nitrogen and oxygen atoms in total. The van der Waals surface area contributed by atoms with E-state index in [9.17, 15) is 4.79 Å². The minimum absolute atomic E-state index is 0.0329. The Kier molecular flexibility index (Phi) is 3.68. The normalized spacial score (nSPS) is 17.6. The molecule has 1 aliphatic rings. The average Bonchev–Trinajstić information content (AvgIpc) is 2.90. The Morgan fingerprint density at radius 3 is 3.10 bits per heavy atom. The summed E-state index contributed by atoms with van der Waals surface area (Å²) in [6, 6.07) is 5.02. The highest BCUT2D eigenvalue weighted by atomic mass is 35.5. The first kappa shape index (κ1) is 13.5. The van der Waals surface area contributed by atoms with Gasteiger partial charge in [-0.3, -0.25) is 4.79 Å². The van der Waals surface area contributed by atoms with Crippen LogP contribution in [-0.4, -0.2) is 15.9 Å². The van der Waals surface area contributed by atoms with Gasteiger partial charge in [0.25, 0.3) is 0 Å². The molecule has 0 saturated heterocycles. The molecule has 3 rings (SSSR count). The number of aromatic amines is 1. The topological polar surface area (TPSA) is 57.8 Å². The number of amides is 1. The highest BCUT2D eigenvalue weighted by Gasteiger charge is 2.26. The number of aromatic nitrogens is 2. The summed E-state index contributed by atoms with van der Waals surface area (Å²) in [6.07, 6.45) is 3.97. The molecule has 0 bridgehead atoms. The molecule has 1 aromatic heterocycles. The van der Waals surface area contributed by atoms with E-state index in [0.717, 1.165) is 24.2 Å². The quantitative estimate of drug-likeness (QED) is 0.892. The largest absolute Gasteiger partial charge is 0.348 e. The molecular weight excluding hydrogens is 297 g/mol. The van der Waals surface area contributed by atoms with E-state index < -0.39 is 0 Å². The van der Waals surface area contributed by atoms with Gasteiger partial charge in [-0.25, -0.2) is 4.98 Å². The second-order valence-corrected chi connectivity index (χ2v) is 5.72. The summed E-state index contributed by atoms with van der Waals surface area (Å²) in [6.45, 7) is 0. The number of benzene rings is 1. The zero-order valence-corrected chi connectivity index (χ0v) is 12.1. The zero-order chi connectivity index (χ0) is 14.1. The van der Waals surface area contributed by atoms with Crippen LogP contribution >= 0.6 is 23.2 Å². The zero-order valence-electron chi connectivity index (χ0n) is 10.6. The first-order chi connectivity index (χ1) is 9.63. The standard InChI is InChI=1S/C14H13Cl2N3O/c15-9-2-3-10(16)12(6-9)19-14(20)8-1-4-11-13(5-8)18-7-17-11/h2-3,6-8H,1,4-5H2,(H,17,18)(H,19,20). The molecule has 1 heterocycles. The number of anilines is 1. The van der Waals surface area contributed by atoms with Crippen LogP contribution in [0.2, 0.25) is 10.0 Å². The van der Waals surface area contributed by atoms with Gasteiger partial charge in [0.1, 0.15) is 0 Å². The van der Waals surface area contributed by atoms with E-state index in [-0.39, 0.29) is 11.8 Å². The van der Waals surface area contributed by atoms with Crippen molar-refractivity contribution in [3.05, 3.63) is 46.0 Å². The lowest BCUT2D eigenvalue weighted by Crippen LogP contribution is -2.28. The lowest BCUT2D eigenvalue weighted by Gasteiger charge is -2.21.